The lowest BCUT2D eigenvalue weighted by Gasteiger charge is -2.29. The number of hydrogen-bond donors (Lipinski definition) is 1. The molecule has 1 saturated heterocycles. The van der Waals surface area contributed by atoms with Crippen molar-refractivity contribution in [2.24, 2.45) is 0 Å². The molecule has 1 atom stereocenters. The summed E-state index contributed by atoms with van der Waals surface area (Å²) in [4.78, 5) is 43.4. The van der Waals surface area contributed by atoms with Crippen molar-refractivity contribution in [1.29, 1.82) is 0 Å². The van der Waals surface area contributed by atoms with Crippen molar-refractivity contribution in [1.82, 2.24) is 19.9 Å². The molecule has 3 aromatic rings. The summed E-state index contributed by atoms with van der Waals surface area (Å²) in [6.45, 7) is 8.92. The molecule has 194 valence electrons. The zero-order chi connectivity index (χ0) is 26.2. The van der Waals surface area contributed by atoms with Crippen LogP contribution in [0.4, 0.5) is 11.4 Å². The van der Waals surface area contributed by atoms with Gasteiger partial charge in [0.1, 0.15) is 6.04 Å². The minimum absolute atomic E-state index is 0.120. The average Bonchev–Trinajstić information content (AvgIpc) is 2.91. The van der Waals surface area contributed by atoms with E-state index in [4.69, 9.17) is 4.74 Å². The van der Waals surface area contributed by atoms with Gasteiger partial charge >= 0.3 is 0 Å². The first-order valence-electron chi connectivity index (χ1n) is 12.3. The van der Waals surface area contributed by atoms with Crippen molar-refractivity contribution in [2.45, 2.75) is 38.5 Å². The average molecular weight is 521 g/mol. The third-order valence-electron chi connectivity index (χ3n) is 6.04. The van der Waals surface area contributed by atoms with E-state index in [1.54, 1.807) is 24.2 Å². The normalized spacial score (nSPS) is 14.2. The Labute approximate surface area is 221 Å². The molecule has 37 heavy (non-hydrogen) atoms. The molecule has 1 aliphatic rings. The lowest BCUT2D eigenvalue weighted by molar-refractivity contribution is -0.136. The van der Waals surface area contributed by atoms with Crippen molar-refractivity contribution in [2.75, 3.05) is 42.3 Å². The number of morpholine rings is 1. The first kappa shape index (κ1) is 26.6. The Hall–Kier alpha value is -3.50. The predicted molar refractivity (Wildman–Crippen MR) is 145 cm³/mol. The van der Waals surface area contributed by atoms with E-state index in [-0.39, 0.29) is 24.1 Å². The molecule has 1 aromatic carbocycles. The van der Waals surface area contributed by atoms with Gasteiger partial charge in [0.05, 0.1) is 19.0 Å². The second-order valence-electron chi connectivity index (χ2n) is 8.92. The van der Waals surface area contributed by atoms with E-state index in [0.29, 0.717) is 24.1 Å². The fraction of sp³-hybridized carbons (Fsp3) is 0.370. The van der Waals surface area contributed by atoms with Gasteiger partial charge in [-0.25, -0.2) is 9.97 Å². The number of pyridine rings is 1. The number of nitrogens with zero attached hydrogens (tertiary/aromatic N) is 5. The van der Waals surface area contributed by atoms with Crippen LogP contribution < -0.4 is 10.2 Å². The van der Waals surface area contributed by atoms with Gasteiger partial charge in [-0.2, -0.15) is 0 Å². The molecular weight excluding hydrogens is 488 g/mol. The van der Waals surface area contributed by atoms with Crippen molar-refractivity contribution in [3.63, 3.8) is 0 Å². The third-order valence-corrected chi connectivity index (χ3v) is 6.87. The van der Waals surface area contributed by atoms with Gasteiger partial charge in [0.15, 0.2) is 5.16 Å². The van der Waals surface area contributed by atoms with Gasteiger partial charge in [0.25, 0.3) is 0 Å². The molecular formula is C27H32N6O3S. The summed E-state index contributed by atoms with van der Waals surface area (Å²) in [6.07, 6.45) is 3.38. The fourth-order valence-corrected chi connectivity index (χ4v) is 4.90. The van der Waals surface area contributed by atoms with E-state index < -0.39 is 6.04 Å². The molecule has 0 bridgehead atoms. The number of carbonyl (C=O) groups is 2. The summed E-state index contributed by atoms with van der Waals surface area (Å²) in [5.74, 6) is -0.319. The number of thioether (sulfide) groups is 1. The summed E-state index contributed by atoms with van der Waals surface area (Å²) in [5, 5.41) is 3.50. The van der Waals surface area contributed by atoms with Gasteiger partial charge < -0.3 is 19.9 Å². The minimum Gasteiger partial charge on any atom is -0.378 e. The monoisotopic (exact) mass is 520 g/mol. The Kier molecular flexibility index (Phi) is 9.08. The third kappa shape index (κ3) is 7.50. The van der Waals surface area contributed by atoms with E-state index in [1.807, 2.05) is 56.3 Å². The zero-order valence-electron chi connectivity index (χ0n) is 21.4. The Bertz CT molecular complexity index is 1180. The Morgan fingerprint density at radius 1 is 1.11 bits per heavy atom. The maximum absolute atomic E-state index is 13.3. The largest absolute Gasteiger partial charge is 0.378 e. The number of benzene rings is 1. The summed E-state index contributed by atoms with van der Waals surface area (Å²) >= 11 is 1.27. The highest BCUT2D eigenvalue weighted by Crippen LogP contribution is 2.21. The fourth-order valence-electron chi connectivity index (χ4n) is 4.06. The van der Waals surface area contributed by atoms with Crippen LogP contribution in [-0.4, -0.2) is 69.8 Å². The number of hydrogen-bond acceptors (Lipinski definition) is 8. The molecule has 0 unspecified atom stereocenters. The summed E-state index contributed by atoms with van der Waals surface area (Å²) in [5.41, 5.74) is 4.32. The number of ether oxygens (including phenoxy) is 1. The summed E-state index contributed by atoms with van der Waals surface area (Å²) in [7, 11) is 0. The molecule has 3 heterocycles. The molecule has 1 N–H and O–H groups in total. The van der Waals surface area contributed by atoms with Gasteiger partial charge in [0.2, 0.25) is 11.8 Å². The highest BCUT2D eigenvalue weighted by atomic mass is 32.2. The van der Waals surface area contributed by atoms with Gasteiger partial charge in [0, 0.05) is 54.8 Å². The number of carbonyl (C=O) groups excluding carboxylic acids is 2. The van der Waals surface area contributed by atoms with Crippen LogP contribution in [0.3, 0.4) is 0 Å². The minimum atomic E-state index is -0.701. The van der Waals surface area contributed by atoms with E-state index in [9.17, 15) is 9.59 Å². The number of anilines is 2. The first-order chi connectivity index (χ1) is 17.9. The van der Waals surface area contributed by atoms with Crippen molar-refractivity contribution in [3.8, 4) is 0 Å². The molecule has 0 aliphatic carbocycles. The second-order valence-corrected chi connectivity index (χ2v) is 9.86. The van der Waals surface area contributed by atoms with Crippen molar-refractivity contribution >= 4 is 35.0 Å². The van der Waals surface area contributed by atoms with Gasteiger partial charge in [-0.05, 0) is 62.7 Å². The molecule has 2 aromatic heterocycles. The molecule has 10 heteroatoms. The second kappa shape index (κ2) is 12.6. The number of rotatable bonds is 9. The molecule has 0 saturated carbocycles. The van der Waals surface area contributed by atoms with Crippen LogP contribution in [0.5, 0.6) is 0 Å². The van der Waals surface area contributed by atoms with E-state index in [2.05, 4.69) is 25.2 Å². The van der Waals surface area contributed by atoms with Crippen LogP contribution >= 0.6 is 11.8 Å². The number of amides is 2. The highest BCUT2D eigenvalue weighted by Gasteiger charge is 2.27. The molecule has 4 rings (SSSR count). The van der Waals surface area contributed by atoms with Gasteiger partial charge in [-0.1, -0.05) is 17.8 Å². The summed E-state index contributed by atoms with van der Waals surface area (Å²) < 4.78 is 5.42. The number of aromatic nitrogens is 3. The standard InChI is InChI=1S/C27H32N6O3S/c1-19-15-20(2)30-27(29-19)37-18-25(34)33(17-22-5-4-10-28-16-22)21(3)26(35)31-23-6-8-24(9-7-23)32-11-13-36-14-12-32/h4-10,15-16,21H,11-14,17-18H2,1-3H3,(H,31,35)/t21-/m0/s1. The quantitative estimate of drug-likeness (QED) is 0.338. The van der Waals surface area contributed by atoms with E-state index in [1.165, 1.54) is 11.8 Å². The van der Waals surface area contributed by atoms with Crippen LogP contribution in [-0.2, 0) is 20.9 Å². The molecule has 1 fully saturated rings. The Morgan fingerprint density at radius 2 is 1.81 bits per heavy atom. The zero-order valence-corrected chi connectivity index (χ0v) is 22.2. The topological polar surface area (TPSA) is 101 Å². The van der Waals surface area contributed by atoms with Crippen molar-refractivity contribution < 1.29 is 14.3 Å². The highest BCUT2D eigenvalue weighted by molar-refractivity contribution is 7.99. The Morgan fingerprint density at radius 3 is 2.46 bits per heavy atom. The van der Waals surface area contributed by atoms with Gasteiger partial charge in [-0.15, -0.1) is 0 Å². The van der Waals surface area contributed by atoms with Crippen LogP contribution in [0, 0.1) is 13.8 Å². The molecule has 0 radical (unpaired) electrons. The first-order valence-corrected chi connectivity index (χ1v) is 13.2. The van der Waals surface area contributed by atoms with E-state index in [0.717, 1.165) is 35.7 Å². The molecule has 2 amide bonds. The maximum atomic E-state index is 13.3. The van der Waals surface area contributed by atoms with Crippen LogP contribution in [0.1, 0.15) is 23.9 Å². The van der Waals surface area contributed by atoms with Crippen LogP contribution in [0.15, 0.2) is 60.0 Å². The van der Waals surface area contributed by atoms with Crippen molar-refractivity contribution in [3.05, 3.63) is 71.8 Å². The number of aryl methyl sites for hydroxylation is 2. The van der Waals surface area contributed by atoms with E-state index >= 15 is 0 Å². The smallest absolute Gasteiger partial charge is 0.246 e. The van der Waals surface area contributed by atoms with Crippen LogP contribution in [0.25, 0.3) is 0 Å². The lowest BCUT2D eigenvalue weighted by atomic mass is 10.2. The Balaban J connectivity index is 1.43. The molecule has 1 aliphatic heterocycles. The number of nitrogens with one attached hydrogen (secondary N) is 1. The van der Waals surface area contributed by atoms with Gasteiger partial charge in [-0.3, -0.25) is 14.6 Å². The summed E-state index contributed by atoms with van der Waals surface area (Å²) in [6, 6.07) is 12.6. The molecule has 9 nitrogen and oxygen atoms in total. The maximum Gasteiger partial charge on any atom is 0.246 e. The lowest BCUT2D eigenvalue weighted by Crippen LogP contribution is -2.46. The SMILES string of the molecule is Cc1cc(C)nc(SCC(=O)N(Cc2cccnc2)[C@@H](C)C(=O)Nc2ccc(N3CCOCC3)cc2)n1. The molecule has 0 spiro atoms. The van der Waals surface area contributed by atoms with Crippen LogP contribution in [0.2, 0.25) is 0 Å². The predicted octanol–water partition coefficient (Wildman–Crippen LogP) is 3.47.